The number of hydrogen-bond acceptors (Lipinski definition) is 3. The maximum Gasteiger partial charge on any atom is 0.233 e. The first-order valence-electron chi connectivity index (χ1n) is 10.5. The first-order chi connectivity index (χ1) is 13.2. The summed E-state index contributed by atoms with van der Waals surface area (Å²) < 4.78 is 0. The largest absolute Gasteiger partial charge is 0.342 e. The predicted octanol–water partition coefficient (Wildman–Crippen LogP) is 3.70. The molecule has 3 aliphatic rings. The van der Waals surface area contributed by atoms with Crippen LogP contribution in [0.15, 0.2) is 30.3 Å². The second kappa shape index (κ2) is 8.26. The second-order valence-electron chi connectivity index (χ2n) is 8.18. The third-order valence-electron chi connectivity index (χ3n) is 6.54. The molecule has 0 N–H and O–H groups in total. The molecule has 27 heavy (non-hydrogen) atoms. The quantitative estimate of drug-likeness (QED) is 0.792. The summed E-state index contributed by atoms with van der Waals surface area (Å²) in [6.45, 7) is 2.39. The van der Waals surface area contributed by atoms with Crippen molar-refractivity contribution in [1.29, 1.82) is 0 Å². The van der Waals surface area contributed by atoms with E-state index in [1.54, 1.807) is 11.8 Å². The van der Waals surface area contributed by atoms with Gasteiger partial charge in [0.05, 0.1) is 10.6 Å². The number of carbonyl (C=O) groups is 2. The summed E-state index contributed by atoms with van der Waals surface area (Å²) in [7, 11) is 0. The highest BCUT2D eigenvalue weighted by Gasteiger charge is 2.48. The fraction of sp³-hybridized carbons (Fsp3) is 0.636. The van der Waals surface area contributed by atoms with Crippen molar-refractivity contribution >= 4 is 23.6 Å². The van der Waals surface area contributed by atoms with Gasteiger partial charge in [0.2, 0.25) is 11.8 Å². The van der Waals surface area contributed by atoms with Gasteiger partial charge in [-0.3, -0.25) is 9.59 Å². The van der Waals surface area contributed by atoms with E-state index in [0.29, 0.717) is 11.7 Å². The molecule has 3 fully saturated rings. The zero-order chi connectivity index (χ0) is 18.7. The fourth-order valence-corrected chi connectivity index (χ4v) is 6.26. The summed E-state index contributed by atoms with van der Waals surface area (Å²) in [4.78, 5) is 29.5. The SMILES string of the molecule is O=C(C1CCCCC1)N1CCC2(CC1)SCC(=O)N2CCc1ccccc1. The molecule has 2 heterocycles. The van der Waals surface area contributed by atoms with Crippen LogP contribution in [0, 0.1) is 5.92 Å². The number of piperidine rings is 1. The van der Waals surface area contributed by atoms with Gasteiger partial charge in [0, 0.05) is 25.6 Å². The number of carbonyl (C=O) groups excluding carboxylic acids is 2. The molecule has 2 aliphatic heterocycles. The van der Waals surface area contributed by atoms with Crippen LogP contribution < -0.4 is 0 Å². The molecule has 0 radical (unpaired) electrons. The highest BCUT2D eigenvalue weighted by molar-refractivity contribution is 8.01. The summed E-state index contributed by atoms with van der Waals surface area (Å²) in [5.41, 5.74) is 1.28. The van der Waals surface area contributed by atoms with Crippen molar-refractivity contribution in [3.63, 3.8) is 0 Å². The van der Waals surface area contributed by atoms with Crippen molar-refractivity contribution in [2.45, 2.75) is 56.2 Å². The normalized spacial score (nSPS) is 23.2. The summed E-state index contributed by atoms with van der Waals surface area (Å²) in [5, 5.41) is 0. The lowest BCUT2D eigenvalue weighted by molar-refractivity contribution is -0.139. The first-order valence-corrected chi connectivity index (χ1v) is 11.4. The Kier molecular flexibility index (Phi) is 5.76. The smallest absolute Gasteiger partial charge is 0.233 e. The number of rotatable bonds is 4. The van der Waals surface area contributed by atoms with Crippen LogP contribution in [0.1, 0.15) is 50.5 Å². The number of amides is 2. The molecule has 4 rings (SSSR count). The molecular formula is C22H30N2O2S. The van der Waals surface area contributed by atoms with Crippen LogP contribution in [0.2, 0.25) is 0 Å². The van der Waals surface area contributed by atoms with Crippen molar-refractivity contribution in [1.82, 2.24) is 9.80 Å². The monoisotopic (exact) mass is 386 g/mol. The number of likely N-dealkylation sites (tertiary alicyclic amines) is 1. The lowest BCUT2D eigenvalue weighted by Gasteiger charge is -2.45. The van der Waals surface area contributed by atoms with E-state index in [9.17, 15) is 9.59 Å². The lowest BCUT2D eigenvalue weighted by Crippen LogP contribution is -2.54. The summed E-state index contributed by atoms with van der Waals surface area (Å²) in [6.07, 6.45) is 8.54. The zero-order valence-electron chi connectivity index (χ0n) is 16.1. The molecule has 1 aliphatic carbocycles. The Bertz CT molecular complexity index is 664. The molecule has 2 saturated heterocycles. The first kappa shape index (κ1) is 18.9. The number of hydrogen-bond donors (Lipinski definition) is 0. The van der Waals surface area contributed by atoms with E-state index in [0.717, 1.165) is 51.7 Å². The van der Waals surface area contributed by atoms with Crippen molar-refractivity contribution in [3.8, 4) is 0 Å². The Balaban J connectivity index is 1.36. The highest BCUT2D eigenvalue weighted by Crippen LogP contribution is 2.44. The van der Waals surface area contributed by atoms with Gasteiger partial charge in [0.15, 0.2) is 0 Å². The van der Waals surface area contributed by atoms with Gasteiger partial charge < -0.3 is 9.80 Å². The van der Waals surface area contributed by atoms with Gasteiger partial charge in [-0.1, -0.05) is 49.6 Å². The van der Waals surface area contributed by atoms with E-state index >= 15 is 0 Å². The third-order valence-corrected chi connectivity index (χ3v) is 8.09. The van der Waals surface area contributed by atoms with E-state index in [1.807, 2.05) is 6.07 Å². The zero-order valence-corrected chi connectivity index (χ0v) is 16.9. The Morgan fingerprint density at radius 2 is 1.78 bits per heavy atom. The Morgan fingerprint density at radius 1 is 1.07 bits per heavy atom. The number of thioether (sulfide) groups is 1. The van der Waals surface area contributed by atoms with Crippen LogP contribution in [-0.4, -0.2) is 51.9 Å². The maximum atomic E-state index is 12.9. The van der Waals surface area contributed by atoms with Crippen LogP contribution in [0.4, 0.5) is 0 Å². The molecule has 4 nitrogen and oxygen atoms in total. The minimum absolute atomic E-state index is 0.0881. The molecule has 146 valence electrons. The molecule has 0 unspecified atom stereocenters. The average molecular weight is 387 g/mol. The summed E-state index contributed by atoms with van der Waals surface area (Å²) in [6, 6.07) is 10.4. The van der Waals surface area contributed by atoms with Gasteiger partial charge in [-0.05, 0) is 37.7 Å². The highest BCUT2D eigenvalue weighted by atomic mass is 32.2. The lowest BCUT2D eigenvalue weighted by atomic mass is 9.87. The molecule has 5 heteroatoms. The fourth-order valence-electron chi connectivity index (χ4n) is 4.89. The van der Waals surface area contributed by atoms with Crippen molar-refractivity contribution < 1.29 is 9.59 Å². The van der Waals surface area contributed by atoms with Gasteiger partial charge >= 0.3 is 0 Å². The Hall–Kier alpha value is -1.49. The van der Waals surface area contributed by atoms with Gasteiger partial charge in [-0.25, -0.2) is 0 Å². The van der Waals surface area contributed by atoms with Crippen LogP contribution in [0.25, 0.3) is 0 Å². The summed E-state index contributed by atoms with van der Waals surface area (Å²) >= 11 is 1.80. The number of nitrogens with zero attached hydrogens (tertiary/aromatic N) is 2. The Labute approximate surface area is 166 Å². The van der Waals surface area contributed by atoms with Gasteiger partial charge in [0.1, 0.15) is 0 Å². The molecule has 0 atom stereocenters. The topological polar surface area (TPSA) is 40.6 Å². The second-order valence-corrected chi connectivity index (χ2v) is 9.51. The average Bonchev–Trinajstić information content (AvgIpc) is 3.03. The van der Waals surface area contributed by atoms with Crippen LogP contribution >= 0.6 is 11.8 Å². The van der Waals surface area contributed by atoms with E-state index in [4.69, 9.17) is 0 Å². The van der Waals surface area contributed by atoms with Gasteiger partial charge in [-0.15, -0.1) is 11.8 Å². The standard InChI is InChI=1S/C22H30N2O2S/c25-20-17-27-22(24(20)14-11-18-7-3-1-4-8-18)12-15-23(16-13-22)21(26)19-9-5-2-6-10-19/h1,3-4,7-8,19H,2,5-6,9-17H2. The van der Waals surface area contributed by atoms with Crippen LogP contribution in [0.5, 0.6) is 0 Å². The molecule has 1 saturated carbocycles. The van der Waals surface area contributed by atoms with E-state index in [2.05, 4.69) is 34.1 Å². The van der Waals surface area contributed by atoms with Gasteiger partial charge in [-0.2, -0.15) is 0 Å². The molecule has 1 aromatic rings. The van der Waals surface area contributed by atoms with Crippen molar-refractivity contribution in [2.24, 2.45) is 5.92 Å². The van der Waals surface area contributed by atoms with E-state index < -0.39 is 0 Å². The van der Waals surface area contributed by atoms with Crippen molar-refractivity contribution in [3.05, 3.63) is 35.9 Å². The minimum atomic E-state index is -0.0881. The molecular weight excluding hydrogens is 356 g/mol. The van der Waals surface area contributed by atoms with Crippen molar-refractivity contribution in [2.75, 3.05) is 25.4 Å². The third kappa shape index (κ3) is 4.03. The minimum Gasteiger partial charge on any atom is -0.342 e. The molecule has 0 bridgehead atoms. The molecule has 1 spiro atoms. The van der Waals surface area contributed by atoms with Crippen LogP contribution in [-0.2, 0) is 16.0 Å². The molecule has 2 amide bonds. The molecule has 1 aromatic carbocycles. The number of benzene rings is 1. The van der Waals surface area contributed by atoms with E-state index in [-0.39, 0.29) is 16.7 Å². The van der Waals surface area contributed by atoms with E-state index in [1.165, 1.54) is 24.8 Å². The predicted molar refractivity (Wildman–Crippen MR) is 109 cm³/mol. The molecule has 0 aromatic heterocycles. The van der Waals surface area contributed by atoms with Crippen LogP contribution in [0.3, 0.4) is 0 Å². The summed E-state index contributed by atoms with van der Waals surface area (Å²) in [5.74, 6) is 1.48. The van der Waals surface area contributed by atoms with Gasteiger partial charge in [0.25, 0.3) is 0 Å². The maximum absolute atomic E-state index is 12.9. The Morgan fingerprint density at radius 3 is 2.48 bits per heavy atom.